The van der Waals surface area contributed by atoms with Crippen LogP contribution in [-0.4, -0.2) is 40.2 Å². The number of hydrogen-bond acceptors (Lipinski definition) is 5. The molecule has 0 unspecified atom stereocenters. The van der Waals surface area contributed by atoms with Gasteiger partial charge >= 0.3 is 5.97 Å². The lowest BCUT2D eigenvalue weighted by Crippen LogP contribution is -2.19. The van der Waals surface area contributed by atoms with E-state index in [1.165, 1.54) is 5.56 Å². The molecule has 166 valence electrons. The van der Waals surface area contributed by atoms with Crippen molar-refractivity contribution < 1.29 is 19.7 Å². The highest BCUT2D eigenvalue weighted by atomic mass is 16.5. The summed E-state index contributed by atoms with van der Waals surface area (Å²) in [5.41, 5.74) is 5.84. The fourth-order valence-electron chi connectivity index (χ4n) is 4.50. The van der Waals surface area contributed by atoms with Crippen LogP contribution in [0.4, 0.5) is 0 Å². The molecule has 0 amide bonds. The van der Waals surface area contributed by atoms with Gasteiger partial charge in [0.2, 0.25) is 0 Å². The fourth-order valence-corrected chi connectivity index (χ4v) is 4.50. The highest BCUT2D eigenvalue weighted by molar-refractivity contribution is 5.94. The Hall–Kier alpha value is -3.38. The summed E-state index contributed by atoms with van der Waals surface area (Å²) in [6, 6.07) is 9.97. The van der Waals surface area contributed by atoms with E-state index in [-0.39, 0.29) is 11.3 Å². The predicted molar refractivity (Wildman–Crippen MR) is 123 cm³/mol. The first-order valence-corrected chi connectivity index (χ1v) is 10.8. The van der Waals surface area contributed by atoms with Crippen LogP contribution in [0.1, 0.15) is 56.4 Å². The van der Waals surface area contributed by atoms with Crippen molar-refractivity contribution in [3.63, 3.8) is 0 Å². The molecule has 2 aromatic carbocycles. The molecule has 3 aromatic rings. The SMILES string of the molecule is CCc1ccc2c(c1Cc1ccccn1)Oc1c(CN(C)C)c(O)c(C)c(C(=O)O)c1C2. The molecule has 4 rings (SSSR count). The zero-order valence-corrected chi connectivity index (χ0v) is 18.9. The number of benzene rings is 2. The molecule has 0 atom stereocenters. The predicted octanol–water partition coefficient (Wildman–Crippen LogP) is 4.71. The number of nitrogens with zero attached hydrogens (tertiary/aromatic N) is 2. The number of hydrogen-bond donors (Lipinski definition) is 2. The van der Waals surface area contributed by atoms with Gasteiger partial charge in [0.25, 0.3) is 0 Å². The lowest BCUT2D eigenvalue weighted by molar-refractivity contribution is 0.0693. The molecule has 1 aliphatic heterocycles. The van der Waals surface area contributed by atoms with Gasteiger partial charge in [-0.05, 0) is 50.7 Å². The molecule has 0 spiro atoms. The molecular weight excluding hydrogens is 404 g/mol. The van der Waals surface area contributed by atoms with E-state index in [4.69, 9.17) is 4.74 Å². The summed E-state index contributed by atoms with van der Waals surface area (Å²) in [5.74, 6) is 0.136. The molecule has 0 radical (unpaired) electrons. The number of carbonyl (C=O) groups is 1. The Balaban J connectivity index is 1.92. The van der Waals surface area contributed by atoms with Crippen LogP contribution < -0.4 is 4.74 Å². The van der Waals surface area contributed by atoms with E-state index in [2.05, 4.69) is 18.0 Å². The lowest BCUT2D eigenvalue weighted by atomic mass is 9.86. The minimum absolute atomic E-state index is 0.0174. The standard InChI is InChI=1S/C26H28N2O4/c1-5-16-9-10-17-12-20-22(26(30)31)15(2)23(29)21(14-28(3)4)25(20)32-24(17)19(16)13-18-8-6-7-11-27-18/h6-11,29H,5,12-14H2,1-4H3,(H,30,31). The van der Waals surface area contributed by atoms with Crippen molar-refractivity contribution in [2.45, 2.75) is 39.7 Å². The van der Waals surface area contributed by atoms with Gasteiger partial charge in [-0.2, -0.15) is 0 Å². The van der Waals surface area contributed by atoms with Gasteiger partial charge in [-0.1, -0.05) is 25.1 Å². The van der Waals surface area contributed by atoms with E-state index in [0.29, 0.717) is 41.8 Å². The van der Waals surface area contributed by atoms with Crippen molar-refractivity contribution in [1.29, 1.82) is 0 Å². The van der Waals surface area contributed by atoms with Crippen LogP contribution in [-0.2, 0) is 25.8 Å². The van der Waals surface area contributed by atoms with Gasteiger partial charge in [0.1, 0.15) is 17.2 Å². The number of aryl methyl sites for hydroxylation is 1. The Morgan fingerprint density at radius 3 is 2.56 bits per heavy atom. The number of aromatic hydroxyl groups is 1. The molecule has 32 heavy (non-hydrogen) atoms. The van der Waals surface area contributed by atoms with Crippen LogP contribution >= 0.6 is 0 Å². The molecule has 0 saturated heterocycles. The van der Waals surface area contributed by atoms with Crippen LogP contribution in [0.3, 0.4) is 0 Å². The van der Waals surface area contributed by atoms with Crippen molar-refractivity contribution in [2.75, 3.05) is 14.1 Å². The van der Waals surface area contributed by atoms with Crippen molar-refractivity contribution in [3.8, 4) is 17.2 Å². The zero-order chi connectivity index (χ0) is 23.0. The number of carboxylic acids is 1. The summed E-state index contributed by atoms with van der Waals surface area (Å²) in [6.07, 6.45) is 3.68. The van der Waals surface area contributed by atoms with Gasteiger partial charge in [0.15, 0.2) is 0 Å². The summed E-state index contributed by atoms with van der Waals surface area (Å²) in [4.78, 5) is 18.5. The molecule has 2 heterocycles. The Labute approximate surface area is 188 Å². The maximum Gasteiger partial charge on any atom is 0.336 e. The maximum absolute atomic E-state index is 12.1. The van der Waals surface area contributed by atoms with Crippen LogP contribution in [0.5, 0.6) is 17.2 Å². The second-order valence-electron chi connectivity index (χ2n) is 8.50. The van der Waals surface area contributed by atoms with Crippen LogP contribution in [0.25, 0.3) is 0 Å². The van der Waals surface area contributed by atoms with Crippen LogP contribution in [0.15, 0.2) is 36.5 Å². The molecule has 6 nitrogen and oxygen atoms in total. The second kappa shape index (κ2) is 8.63. The topological polar surface area (TPSA) is 82.9 Å². The molecule has 0 fully saturated rings. The number of aromatic carboxylic acids is 1. The van der Waals surface area contributed by atoms with E-state index in [0.717, 1.165) is 29.0 Å². The third-order valence-corrected chi connectivity index (χ3v) is 6.03. The number of aromatic nitrogens is 1. The van der Waals surface area contributed by atoms with E-state index in [1.54, 1.807) is 13.1 Å². The van der Waals surface area contributed by atoms with Crippen LogP contribution in [0.2, 0.25) is 0 Å². The number of pyridine rings is 1. The van der Waals surface area contributed by atoms with Crippen molar-refractivity contribution in [2.24, 2.45) is 0 Å². The number of phenols is 1. The summed E-state index contributed by atoms with van der Waals surface area (Å²) >= 11 is 0. The van der Waals surface area contributed by atoms with E-state index in [1.807, 2.05) is 43.3 Å². The monoisotopic (exact) mass is 432 g/mol. The summed E-state index contributed by atoms with van der Waals surface area (Å²) in [7, 11) is 3.81. The normalized spacial score (nSPS) is 12.3. The molecule has 0 aliphatic carbocycles. The first-order valence-electron chi connectivity index (χ1n) is 10.8. The molecule has 1 aromatic heterocycles. The molecule has 2 N–H and O–H groups in total. The summed E-state index contributed by atoms with van der Waals surface area (Å²) in [6.45, 7) is 4.20. The van der Waals surface area contributed by atoms with E-state index in [9.17, 15) is 15.0 Å². The van der Waals surface area contributed by atoms with Crippen molar-refractivity contribution in [1.82, 2.24) is 9.88 Å². The second-order valence-corrected chi connectivity index (χ2v) is 8.50. The van der Waals surface area contributed by atoms with E-state index >= 15 is 0 Å². The first kappa shape index (κ1) is 21.8. The quantitative estimate of drug-likeness (QED) is 0.459. The minimum atomic E-state index is -1.06. The molecular formula is C26H28N2O4. The van der Waals surface area contributed by atoms with E-state index < -0.39 is 5.97 Å². The summed E-state index contributed by atoms with van der Waals surface area (Å²) < 4.78 is 6.50. The number of phenolic OH excluding ortho intramolecular Hbond substituents is 1. The number of fused-ring (bicyclic) bond motifs is 2. The Kier molecular flexibility index (Phi) is 5.89. The lowest BCUT2D eigenvalue weighted by Gasteiger charge is -2.29. The van der Waals surface area contributed by atoms with Gasteiger partial charge in [-0.3, -0.25) is 4.98 Å². The van der Waals surface area contributed by atoms with Gasteiger partial charge in [-0.15, -0.1) is 0 Å². The Morgan fingerprint density at radius 2 is 1.94 bits per heavy atom. The average molecular weight is 433 g/mol. The van der Waals surface area contributed by atoms with Gasteiger partial charge < -0.3 is 19.8 Å². The summed E-state index contributed by atoms with van der Waals surface area (Å²) in [5, 5.41) is 20.8. The largest absolute Gasteiger partial charge is 0.507 e. The van der Waals surface area contributed by atoms with Gasteiger partial charge in [0.05, 0.1) is 11.1 Å². The number of rotatable bonds is 6. The number of ether oxygens (including phenoxy) is 1. The average Bonchev–Trinajstić information content (AvgIpc) is 2.76. The highest BCUT2D eigenvalue weighted by Gasteiger charge is 2.32. The molecule has 0 saturated carbocycles. The van der Waals surface area contributed by atoms with Crippen LogP contribution in [0, 0.1) is 6.92 Å². The van der Waals surface area contributed by atoms with Gasteiger partial charge in [-0.25, -0.2) is 4.79 Å². The number of carboxylic acid groups (broad SMARTS) is 1. The Bertz CT molecular complexity index is 1190. The fraction of sp³-hybridized carbons (Fsp3) is 0.308. The molecule has 1 aliphatic rings. The van der Waals surface area contributed by atoms with Crippen molar-refractivity contribution in [3.05, 3.63) is 81.2 Å². The Morgan fingerprint density at radius 1 is 1.16 bits per heavy atom. The third kappa shape index (κ3) is 3.82. The molecule has 0 bridgehead atoms. The molecule has 6 heteroatoms. The highest BCUT2D eigenvalue weighted by Crippen LogP contribution is 2.48. The minimum Gasteiger partial charge on any atom is -0.507 e. The maximum atomic E-state index is 12.1. The smallest absolute Gasteiger partial charge is 0.336 e. The van der Waals surface area contributed by atoms with Crippen molar-refractivity contribution >= 4 is 5.97 Å². The third-order valence-electron chi connectivity index (χ3n) is 6.03. The first-order chi connectivity index (χ1) is 15.3. The van der Waals surface area contributed by atoms with Gasteiger partial charge in [0, 0.05) is 48.0 Å². The zero-order valence-electron chi connectivity index (χ0n) is 18.9.